The van der Waals surface area contributed by atoms with Crippen LogP contribution < -0.4 is 31.9 Å². The number of carbonyl (C=O) groups is 2. The normalized spacial score (nSPS) is 16.3. The summed E-state index contributed by atoms with van der Waals surface area (Å²) in [6, 6.07) is 14.3. The smallest absolute Gasteiger partial charge is 0.261 e. The minimum absolute atomic E-state index is 0.122. The van der Waals surface area contributed by atoms with Crippen LogP contribution in [0.2, 0.25) is 4.34 Å². The summed E-state index contributed by atoms with van der Waals surface area (Å²) in [5.74, 6) is -0.599. The third-order valence-electron chi connectivity index (χ3n) is 6.69. The van der Waals surface area contributed by atoms with E-state index in [1.54, 1.807) is 29.0 Å². The molecule has 10 nitrogen and oxygen atoms in total. The van der Waals surface area contributed by atoms with Gasteiger partial charge in [-0.15, -0.1) is 16.5 Å². The SMILES string of the molecule is CN1NC(CNC(=O)c2ccc(Cl)s2)=CN1c1ccc(-n2ccccc2=O)cc1N1CCC(C(N)=O)CC1. The van der Waals surface area contributed by atoms with Gasteiger partial charge in [-0.05, 0) is 49.2 Å². The summed E-state index contributed by atoms with van der Waals surface area (Å²) in [4.78, 5) is 39.5. The number of halogens is 1. The van der Waals surface area contributed by atoms with Gasteiger partial charge in [0, 0.05) is 44.5 Å². The third kappa shape index (κ3) is 5.40. The first-order chi connectivity index (χ1) is 18.3. The molecule has 1 aromatic carbocycles. The van der Waals surface area contributed by atoms with Crippen LogP contribution in [0.25, 0.3) is 5.69 Å². The van der Waals surface area contributed by atoms with E-state index in [0.29, 0.717) is 41.7 Å². The van der Waals surface area contributed by atoms with Gasteiger partial charge in [0.05, 0.1) is 38.5 Å². The molecule has 198 valence electrons. The Morgan fingerprint density at radius 2 is 1.92 bits per heavy atom. The van der Waals surface area contributed by atoms with Gasteiger partial charge in [0.25, 0.3) is 11.5 Å². The van der Waals surface area contributed by atoms with Gasteiger partial charge in [-0.25, -0.2) is 0 Å². The van der Waals surface area contributed by atoms with Crippen LogP contribution in [-0.4, -0.2) is 48.2 Å². The molecule has 2 aromatic heterocycles. The Morgan fingerprint density at radius 3 is 2.61 bits per heavy atom. The zero-order valence-electron chi connectivity index (χ0n) is 20.8. The number of pyridine rings is 1. The molecule has 1 fully saturated rings. The molecule has 1 saturated heterocycles. The van der Waals surface area contributed by atoms with E-state index in [1.807, 2.05) is 47.6 Å². The van der Waals surface area contributed by atoms with Gasteiger partial charge in [0.2, 0.25) is 5.91 Å². The minimum Gasteiger partial charge on any atom is -0.370 e. The molecule has 0 bridgehead atoms. The molecule has 0 aliphatic carbocycles. The molecule has 4 heterocycles. The number of aromatic nitrogens is 1. The molecule has 2 aliphatic rings. The van der Waals surface area contributed by atoms with Crippen LogP contribution in [0.15, 0.2) is 71.4 Å². The highest BCUT2D eigenvalue weighted by molar-refractivity contribution is 7.18. The highest BCUT2D eigenvalue weighted by Gasteiger charge is 2.28. The molecule has 4 N–H and O–H groups in total. The van der Waals surface area contributed by atoms with Crippen molar-refractivity contribution >= 4 is 46.1 Å². The molecule has 0 atom stereocenters. The molecule has 5 rings (SSSR count). The van der Waals surface area contributed by atoms with Crippen molar-refractivity contribution in [1.82, 2.24) is 20.4 Å². The number of thiophene rings is 1. The number of piperidine rings is 1. The fourth-order valence-electron chi connectivity index (χ4n) is 4.69. The molecule has 0 saturated carbocycles. The van der Waals surface area contributed by atoms with E-state index in [2.05, 4.69) is 15.6 Å². The lowest BCUT2D eigenvalue weighted by Gasteiger charge is -2.36. The fraction of sp³-hybridized carbons (Fsp3) is 0.269. The first kappa shape index (κ1) is 25.8. The van der Waals surface area contributed by atoms with Gasteiger partial charge in [-0.1, -0.05) is 17.7 Å². The Bertz CT molecular complexity index is 1440. The highest BCUT2D eigenvalue weighted by atomic mass is 35.5. The largest absolute Gasteiger partial charge is 0.370 e. The number of carbonyl (C=O) groups excluding carboxylic acids is 2. The van der Waals surface area contributed by atoms with Crippen molar-refractivity contribution in [3.63, 3.8) is 0 Å². The number of benzene rings is 1. The van der Waals surface area contributed by atoms with Gasteiger partial charge in [-0.2, -0.15) is 0 Å². The van der Waals surface area contributed by atoms with E-state index in [4.69, 9.17) is 17.3 Å². The summed E-state index contributed by atoms with van der Waals surface area (Å²) < 4.78 is 2.16. The van der Waals surface area contributed by atoms with Crippen LogP contribution in [0.3, 0.4) is 0 Å². The summed E-state index contributed by atoms with van der Waals surface area (Å²) in [6.45, 7) is 1.62. The standard InChI is InChI=1S/C26H28ClN7O3S/c1-31-30-18(15-29-26(37)22-7-8-23(27)38-22)16-34(31)20-6-5-19(33-11-3-2-4-24(33)35)14-21(20)32-12-9-17(10-13-32)25(28)36/h2-8,11,14,16-17,30H,9-10,12-13,15H2,1H3,(H2,28,36)(H,29,37). The van der Waals surface area contributed by atoms with Crippen molar-refractivity contribution in [2.45, 2.75) is 12.8 Å². The average Bonchev–Trinajstić information content (AvgIpc) is 3.52. The van der Waals surface area contributed by atoms with Crippen LogP contribution in [-0.2, 0) is 4.79 Å². The number of nitrogens with two attached hydrogens (primary N) is 1. The maximum atomic E-state index is 12.5. The molecule has 38 heavy (non-hydrogen) atoms. The van der Waals surface area contributed by atoms with E-state index in [-0.39, 0.29) is 23.3 Å². The predicted molar refractivity (Wildman–Crippen MR) is 149 cm³/mol. The first-order valence-corrected chi connectivity index (χ1v) is 13.4. The van der Waals surface area contributed by atoms with Crippen molar-refractivity contribution in [1.29, 1.82) is 0 Å². The maximum absolute atomic E-state index is 12.5. The number of hydrazine groups is 2. The Morgan fingerprint density at radius 1 is 1.13 bits per heavy atom. The van der Waals surface area contributed by atoms with Crippen LogP contribution in [0.1, 0.15) is 22.5 Å². The number of nitrogens with zero attached hydrogens (tertiary/aromatic N) is 4. The van der Waals surface area contributed by atoms with Crippen LogP contribution in [0.5, 0.6) is 0 Å². The monoisotopic (exact) mass is 553 g/mol. The maximum Gasteiger partial charge on any atom is 0.261 e. The number of hydrogen-bond acceptors (Lipinski definition) is 8. The van der Waals surface area contributed by atoms with Gasteiger partial charge >= 0.3 is 0 Å². The molecular formula is C26H28ClN7O3S. The second-order valence-electron chi connectivity index (χ2n) is 9.17. The number of primary amides is 1. The summed E-state index contributed by atoms with van der Waals surface area (Å²) in [6.07, 6.45) is 4.99. The fourth-order valence-corrected chi connectivity index (χ4v) is 5.65. The molecule has 2 aliphatic heterocycles. The second kappa shape index (κ2) is 10.9. The van der Waals surface area contributed by atoms with Crippen molar-refractivity contribution in [3.8, 4) is 5.69 Å². The summed E-state index contributed by atoms with van der Waals surface area (Å²) >= 11 is 7.19. The first-order valence-electron chi connectivity index (χ1n) is 12.2. The Hall–Kier alpha value is -3.80. The van der Waals surface area contributed by atoms with Crippen LogP contribution in [0, 0.1) is 5.92 Å². The molecule has 3 aromatic rings. The van der Waals surface area contributed by atoms with E-state index in [1.165, 1.54) is 17.4 Å². The number of nitrogens with one attached hydrogen (secondary N) is 2. The summed E-state index contributed by atoms with van der Waals surface area (Å²) in [5, 5.41) is 6.69. The topological polar surface area (TPSA) is 116 Å². The third-order valence-corrected chi connectivity index (χ3v) is 7.92. The molecule has 12 heteroatoms. The predicted octanol–water partition coefficient (Wildman–Crippen LogP) is 2.70. The highest BCUT2D eigenvalue weighted by Crippen LogP contribution is 2.36. The lowest BCUT2D eigenvalue weighted by molar-refractivity contribution is -0.122. The average molecular weight is 554 g/mol. The van der Waals surface area contributed by atoms with Gasteiger partial charge < -0.3 is 21.4 Å². The van der Waals surface area contributed by atoms with E-state index in [9.17, 15) is 14.4 Å². The lowest BCUT2D eigenvalue weighted by atomic mass is 9.95. The quantitative estimate of drug-likeness (QED) is 0.412. The zero-order valence-corrected chi connectivity index (χ0v) is 22.3. The summed E-state index contributed by atoms with van der Waals surface area (Å²) in [7, 11) is 1.88. The lowest BCUT2D eigenvalue weighted by Crippen LogP contribution is -2.42. The summed E-state index contributed by atoms with van der Waals surface area (Å²) in [5.41, 5.74) is 12.1. The number of anilines is 2. The van der Waals surface area contributed by atoms with Crippen LogP contribution >= 0.6 is 22.9 Å². The Balaban J connectivity index is 1.42. The molecule has 0 spiro atoms. The zero-order chi connectivity index (χ0) is 26.8. The Kier molecular flexibility index (Phi) is 7.41. The number of rotatable bonds is 7. The van der Waals surface area contributed by atoms with Crippen molar-refractivity contribution < 1.29 is 9.59 Å². The Labute approximate surface area is 228 Å². The molecule has 0 radical (unpaired) electrons. The second-order valence-corrected chi connectivity index (χ2v) is 10.9. The van der Waals surface area contributed by atoms with E-state index >= 15 is 0 Å². The minimum atomic E-state index is -0.266. The van der Waals surface area contributed by atoms with E-state index < -0.39 is 0 Å². The van der Waals surface area contributed by atoms with Crippen molar-refractivity contribution in [2.75, 3.05) is 36.6 Å². The number of amides is 2. The van der Waals surface area contributed by atoms with Crippen LogP contribution in [0.4, 0.5) is 11.4 Å². The van der Waals surface area contributed by atoms with E-state index in [0.717, 1.165) is 22.8 Å². The molecule has 2 amide bonds. The number of hydrogen-bond donors (Lipinski definition) is 3. The van der Waals surface area contributed by atoms with Crippen molar-refractivity contribution in [2.24, 2.45) is 11.7 Å². The van der Waals surface area contributed by atoms with Gasteiger partial charge in [0.1, 0.15) is 0 Å². The van der Waals surface area contributed by atoms with Crippen molar-refractivity contribution in [3.05, 3.63) is 86.2 Å². The van der Waals surface area contributed by atoms with Gasteiger partial charge in [-0.3, -0.25) is 24.0 Å². The molecular weight excluding hydrogens is 526 g/mol. The van der Waals surface area contributed by atoms with Gasteiger partial charge in [0.15, 0.2) is 0 Å². The molecule has 0 unspecified atom stereocenters.